The third kappa shape index (κ3) is 3.96. The third-order valence-electron chi connectivity index (χ3n) is 4.93. The molecule has 2 heterocycles. The molecule has 1 amide bonds. The van der Waals surface area contributed by atoms with E-state index >= 15 is 0 Å². The molecule has 3 N–H and O–H groups in total. The van der Waals surface area contributed by atoms with Crippen molar-refractivity contribution in [2.75, 3.05) is 31.7 Å². The fourth-order valence-electron chi connectivity index (χ4n) is 3.41. The van der Waals surface area contributed by atoms with Gasteiger partial charge in [-0.2, -0.15) is 0 Å². The lowest BCUT2D eigenvalue weighted by Gasteiger charge is -2.38. The van der Waals surface area contributed by atoms with E-state index in [1.54, 1.807) is 12.3 Å². The van der Waals surface area contributed by atoms with Gasteiger partial charge in [-0.05, 0) is 43.5 Å². The zero-order valence-corrected chi connectivity index (χ0v) is 15.0. The van der Waals surface area contributed by atoms with E-state index in [-0.39, 0.29) is 5.41 Å². The van der Waals surface area contributed by atoms with Gasteiger partial charge < -0.3 is 20.5 Å². The number of ether oxygens (including phenoxy) is 2. The van der Waals surface area contributed by atoms with E-state index in [0.717, 1.165) is 18.6 Å². The van der Waals surface area contributed by atoms with Crippen LogP contribution in [0.15, 0.2) is 42.7 Å². The molecule has 1 aromatic carbocycles. The molecule has 0 unspecified atom stereocenters. The maximum atomic E-state index is 11.6. The van der Waals surface area contributed by atoms with Gasteiger partial charge in [0.15, 0.2) is 0 Å². The highest BCUT2D eigenvalue weighted by molar-refractivity contribution is 5.98. The average molecular weight is 355 g/mol. The molecule has 26 heavy (non-hydrogen) atoms. The number of nitrogens with two attached hydrogens (primary N) is 1. The van der Waals surface area contributed by atoms with Crippen molar-refractivity contribution in [3.8, 4) is 5.75 Å². The first-order valence-corrected chi connectivity index (χ1v) is 8.93. The van der Waals surface area contributed by atoms with Crippen molar-refractivity contribution >= 4 is 11.6 Å². The lowest BCUT2D eigenvalue weighted by atomic mass is 9.74. The predicted octanol–water partition coefficient (Wildman–Crippen LogP) is 2.74. The summed E-state index contributed by atoms with van der Waals surface area (Å²) in [5, 5.41) is 3.42. The number of primary amides is 1. The van der Waals surface area contributed by atoms with Crippen LogP contribution in [0.5, 0.6) is 5.75 Å². The van der Waals surface area contributed by atoms with Crippen LogP contribution < -0.4 is 15.8 Å². The van der Waals surface area contributed by atoms with Crippen LogP contribution in [0, 0.1) is 0 Å². The van der Waals surface area contributed by atoms with E-state index in [2.05, 4.69) is 22.4 Å². The number of rotatable bonds is 7. The molecule has 1 aliphatic heterocycles. The number of hydrogen-bond acceptors (Lipinski definition) is 5. The van der Waals surface area contributed by atoms with Gasteiger partial charge in [0, 0.05) is 37.6 Å². The van der Waals surface area contributed by atoms with Crippen molar-refractivity contribution in [3.63, 3.8) is 0 Å². The Hall–Kier alpha value is -2.60. The Morgan fingerprint density at radius 1 is 1.27 bits per heavy atom. The van der Waals surface area contributed by atoms with Crippen LogP contribution in [0.4, 0.5) is 5.69 Å². The molecule has 1 fully saturated rings. The smallest absolute Gasteiger partial charge is 0.252 e. The van der Waals surface area contributed by atoms with Gasteiger partial charge in [0.1, 0.15) is 5.75 Å². The molecule has 0 bridgehead atoms. The molecule has 0 aliphatic carbocycles. The molecular formula is C20H25N3O3. The molecule has 1 aromatic heterocycles. The quantitative estimate of drug-likeness (QED) is 0.797. The van der Waals surface area contributed by atoms with E-state index in [1.165, 1.54) is 11.8 Å². The van der Waals surface area contributed by atoms with E-state index in [9.17, 15) is 4.79 Å². The fraction of sp³-hybridized carbons (Fsp3) is 0.400. The first-order valence-electron chi connectivity index (χ1n) is 8.93. The molecule has 3 rings (SSSR count). The van der Waals surface area contributed by atoms with E-state index in [4.69, 9.17) is 15.2 Å². The minimum absolute atomic E-state index is 0.0683. The number of nitrogens with zero attached hydrogens (tertiary/aromatic N) is 1. The van der Waals surface area contributed by atoms with Crippen LogP contribution in [0.25, 0.3) is 0 Å². The number of pyridine rings is 1. The summed E-state index contributed by atoms with van der Waals surface area (Å²) in [6.45, 7) is 4.75. The zero-order chi connectivity index (χ0) is 18.4. The second-order valence-corrected chi connectivity index (χ2v) is 6.49. The Bertz CT molecular complexity index is 740. The topological polar surface area (TPSA) is 86.5 Å². The number of carbonyl (C=O) groups is 1. The Labute approximate surface area is 153 Å². The largest absolute Gasteiger partial charge is 0.494 e. The van der Waals surface area contributed by atoms with Crippen LogP contribution in [0.2, 0.25) is 0 Å². The van der Waals surface area contributed by atoms with Gasteiger partial charge in [-0.1, -0.05) is 12.1 Å². The third-order valence-corrected chi connectivity index (χ3v) is 4.93. The van der Waals surface area contributed by atoms with Crippen molar-refractivity contribution in [2.45, 2.75) is 25.2 Å². The van der Waals surface area contributed by atoms with E-state index in [0.29, 0.717) is 37.6 Å². The SMILES string of the molecule is CCOc1ccc(C2(CNc3ccncc3C(N)=O)CCOCC2)cc1. The maximum absolute atomic E-state index is 11.6. The van der Waals surface area contributed by atoms with Gasteiger partial charge in [0.05, 0.1) is 17.9 Å². The summed E-state index contributed by atoms with van der Waals surface area (Å²) in [5.41, 5.74) is 7.75. The van der Waals surface area contributed by atoms with Crippen LogP contribution in [0.1, 0.15) is 35.7 Å². The number of anilines is 1. The van der Waals surface area contributed by atoms with Gasteiger partial charge >= 0.3 is 0 Å². The summed E-state index contributed by atoms with van der Waals surface area (Å²) >= 11 is 0. The van der Waals surface area contributed by atoms with Crippen molar-refractivity contribution in [1.29, 1.82) is 0 Å². The summed E-state index contributed by atoms with van der Waals surface area (Å²) in [7, 11) is 0. The average Bonchev–Trinajstić information content (AvgIpc) is 2.68. The Morgan fingerprint density at radius 3 is 2.65 bits per heavy atom. The summed E-state index contributed by atoms with van der Waals surface area (Å²) in [5.74, 6) is 0.388. The highest BCUT2D eigenvalue weighted by Crippen LogP contribution is 2.36. The first-order chi connectivity index (χ1) is 12.6. The molecule has 1 aliphatic rings. The Balaban J connectivity index is 1.83. The van der Waals surface area contributed by atoms with E-state index in [1.807, 2.05) is 19.1 Å². The van der Waals surface area contributed by atoms with Crippen LogP contribution >= 0.6 is 0 Å². The van der Waals surface area contributed by atoms with E-state index < -0.39 is 5.91 Å². The molecule has 1 saturated heterocycles. The summed E-state index contributed by atoms with van der Waals surface area (Å²) in [4.78, 5) is 15.6. The standard InChI is InChI=1S/C20H25N3O3/c1-2-26-16-5-3-15(4-6-16)20(8-11-25-12-9-20)14-23-18-7-10-22-13-17(18)19(21)24/h3-7,10,13H,2,8-9,11-12,14H2,1H3,(H2,21,24)(H,22,23). The summed E-state index contributed by atoms with van der Waals surface area (Å²) in [6.07, 6.45) is 4.97. The van der Waals surface area contributed by atoms with Crippen LogP contribution in [-0.2, 0) is 10.2 Å². The minimum Gasteiger partial charge on any atom is -0.494 e. The molecule has 0 saturated carbocycles. The normalized spacial score (nSPS) is 16.0. The number of carbonyl (C=O) groups excluding carboxylic acids is 1. The lowest BCUT2D eigenvalue weighted by Crippen LogP contribution is -2.40. The van der Waals surface area contributed by atoms with Crippen LogP contribution in [0.3, 0.4) is 0 Å². The van der Waals surface area contributed by atoms with Gasteiger partial charge in [0.25, 0.3) is 5.91 Å². The highest BCUT2D eigenvalue weighted by atomic mass is 16.5. The monoisotopic (exact) mass is 355 g/mol. The lowest BCUT2D eigenvalue weighted by molar-refractivity contribution is 0.0543. The van der Waals surface area contributed by atoms with Gasteiger partial charge in [-0.3, -0.25) is 9.78 Å². The summed E-state index contributed by atoms with van der Waals surface area (Å²) < 4.78 is 11.1. The second kappa shape index (κ2) is 8.19. The minimum atomic E-state index is -0.484. The fourth-order valence-corrected chi connectivity index (χ4v) is 3.41. The molecule has 0 radical (unpaired) electrons. The summed E-state index contributed by atoms with van der Waals surface area (Å²) in [6, 6.07) is 10.1. The Morgan fingerprint density at radius 2 is 2.00 bits per heavy atom. The number of hydrogen-bond donors (Lipinski definition) is 2. The highest BCUT2D eigenvalue weighted by Gasteiger charge is 2.34. The van der Waals surface area contributed by atoms with Gasteiger partial charge in [-0.25, -0.2) is 0 Å². The predicted molar refractivity (Wildman–Crippen MR) is 101 cm³/mol. The Kier molecular flexibility index (Phi) is 5.73. The number of amides is 1. The van der Waals surface area contributed by atoms with Gasteiger partial charge in [0.2, 0.25) is 0 Å². The molecule has 6 heteroatoms. The number of nitrogens with one attached hydrogen (secondary N) is 1. The number of benzene rings is 1. The first kappa shape index (κ1) is 18.2. The molecule has 138 valence electrons. The number of aromatic nitrogens is 1. The molecule has 0 atom stereocenters. The van der Waals surface area contributed by atoms with Crippen molar-refractivity contribution in [3.05, 3.63) is 53.9 Å². The maximum Gasteiger partial charge on any atom is 0.252 e. The zero-order valence-electron chi connectivity index (χ0n) is 15.0. The molecule has 0 spiro atoms. The van der Waals surface area contributed by atoms with Gasteiger partial charge in [-0.15, -0.1) is 0 Å². The molecule has 2 aromatic rings. The molecule has 6 nitrogen and oxygen atoms in total. The molecular weight excluding hydrogens is 330 g/mol. The second-order valence-electron chi connectivity index (χ2n) is 6.49. The van der Waals surface area contributed by atoms with Crippen LogP contribution in [-0.4, -0.2) is 37.3 Å². The van der Waals surface area contributed by atoms with Crippen molar-refractivity contribution < 1.29 is 14.3 Å². The van der Waals surface area contributed by atoms with Crippen molar-refractivity contribution in [1.82, 2.24) is 4.98 Å². The van der Waals surface area contributed by atoms with Crippen molar-refractivity contribution in [2.24, 2.45) is 5.73 Å².